The van der Waals surface area contributed by atoms with Crippen LogP contribution in [0.5, 0.6) is 0 Å². The van der Waals surface area contributed by atoms with Gasteiger partial charge in [0, 0.05) is 22.9 Å². The van der Waals surface area contributed by atoms with Crippen molar-refractivity contribution in [2.75, 3.05) is 4.90 Å². The molecule has 5 heteroatoms. The molecular formula is C27H23N5. The highest BCUT2D eigenvalue weighted by Crippen LogP contribution is 2.51. The first-order valence-electron chi connectivity index (χ1n) is 10.3. The SMILES string of the molecule is C=C(C#N)N=C/C(=C\N=N)c1ccc(N2c3ccccc3C(C)(C)c3ccccc32)cc1. The number of para-hydroxylation sites is 2. The molecule has 1 heterocycles. The van der Waals surface area contributed by atoms with Crippen LogP contribution < -0.4 is 4.90 Å². The van der Waals surface area contributed by atoms with Crippen LogP contribution in [0.2, 0.25) is 0 Å². The van der Waals surface area contributed by atoms with Crippen LogP contribution in [0.1, 0.15) is 30.5 Å². The van der Waals surface area contributed by atoms with Crippen LogP contribution in [0.15, 0.2) is 101 Å². The second kappa shape index (κ2) is 8.44. The van der Waals surface area contributed by atoms with Crippen LogP contribution >= 0.6 is 0 Å². The molecule has 0 atom stereocenters. The van der Waals surface area contributed by atoms with Gasteiger partial charge in [-0.05, 0) is 41.0 Å². The number of allylic oxidation sites excluding steroid dienone is 2. The molecule has 1 aliphatic rings. The van der Waals surface area contributed by atoms with Crippen molar-refractivity contribution < 1.29 is 0 Å². The van der Waals surface area contributed by atoms with Crippen LogP contribution in [0.4, 0.5) is 17.1 Å². The van der Waals surface area contributed by atoms with E-state index in [9.17, 15) is 0 Å². The number of aliphatic imine (C=N–C) groups is 1. The maximum absolute atomic E-state index is 8.88. The Morgan fingerprint density at radius 3 is 2.06 bits per heavy atom. The molecule has 1 aliphatic heterocycles. The van der Waals surface area contributed by atoms with Gasteiger partial charge in [-0.25, -0.2) is 10.5 Å². The van der Waals surface area contributed by atoms with Crippen molar-refractivity contribution in [3.05, 3.63) is 108 Å². The van der Waals surface area contributed by atoms with E-state index in [0.717, 1.165) is 22.6 Å². The number of fused-ring (bicyclic) bond motifs is 2. The van der Waals surface area contributed by atoms with Crippen LogP contribution in [0.25, 0.3) is 5.57 Å². The Labute approximate surface area is 188 Å². The largest absolute Gasteiger partial charge is 0.310 e. The van der Waals surface area contributed by atoms with E-state index in [2.05, 4.69) is 84.0 Å². The molecule has 0 amide bonds. The van der Waals surface area contributed by atoms with Crippen molar-refractivity contribution in [1.29, 1.82) is 10.8 Å². The number of nitriles is 1. The van der Waals surface area contributed by atoms with Crippen molar-refractivity contribution in [3.63, 3.8) is 0 Å². The quantitative estimate of drug-likeness (QED) is 0.269. The zero-order chi connectivity index (χ0) is 22.7. The minimum atomic E-state index is -0.102. The van der Waals surface area contributed by atoms with E-state index in [4.69, 9.17) is 10.8 Å². The zero-order valence-corrected chi connectivity index (χ0v) is 18.1. The van der Waals surface area contributed by atoms with Gasteiger partial charge in [-0.3, -0.25) is 0 Å². The third-order valence-electron chi connectivity index (χ3n) is 5.79. The third kappa shape index (κ3) is 3.63. The first-order valence-corrected chi connectivity index (χ1v) is 10.3. The number of rotatable bonds is 5. The summed E-state index contributed by atoms with van der Waals surface area (Å²) in [4.78, 5) is 6.30. The summed E-state index contributed by atoms with van der Waals surface area (Å²) in [6.45, 7) is 8.09. The molecule has 0 saturated heterocycles. The fourth-order valence-corrected chi connectivity index (χ4v) is 4.18. The zero-order valence-electron chi connectivity index (χ0n) is 18.1. The molecule has 0 saturated carbocycles. The van der Waals surface area contributed by atoms with Gasteiger partial charge < -0.3 is 4.90 Å². The second-order valence-electron chi connectivity index (χ2n) is 8.07. The molecule has 0 radical (unpaired) electrons. The molecule has 0 aliphatic carbocycles. The third-order valence-corrected chi connectivity index (χ3v) is 5.79. The second-order valence-corrected chi connectivity index (χ2v) is 8.07. The Bertz CT molecular complexity index is 1240. The van der Waals surface area contributed by atoms with E-state index in [1.54, 1.807) is 0 Å². The van der Waals surface area contributed by atoms with Gasteiger partial charge in [0.05, 0.1) is 17.6 Å². The maximum atomic E-state index is 8.88. The van der Waals surface area contributed by atoms with Crippen molar-refractivity contribution in [2.45, 2.75) is 19.3 Å². The first-order chi connectivity index (χ1) is 15.5. The lowest BCUT2D eigenvalue weighted by Gasteiger charge is -2.42. The molecule has 0 bridgehead atoms. The average Bonchev–Trinajstić information content (AvgIpc) is 2.82. The van der Waals surface area contributed by atoms with Gasteiger partial charge >= 0.3 is 0 Å². The number of nitrogens with zero attached hydrogens (tertiary/aromatic N) is 4. The summed E-state index contributed by atoms with van der Waals surface area (Å²) >= 11 is 0. The van der Waals surface area contributed by atoms with E-state index < -0.39 is 0 Å². The number of anilines is 3. The Hall–Kier alpha value is -4.30. The molecule has 5 nitrogen and oxygen atoms in total. The fraction of sp³-hybridized carbons (Fsp3) is 0.111. The number of hydrogen-bond acceptors (Lipinski definition) is 5. The number of nitrogens with one attached hydrogen (secondary N) is 1. The van der Waals surface area contributed by atoms with Gasteiger partial charge in [-0.2, -0.15) is 10.4 Å². The van der Waals surface area contributed by atoms with E-state index in [0.29, 0.717) is 5.57 Å². The van der Waals surface area contributed by atoms with Crippen LogP contribution in [-0.4, -0.2) is 6.21 Å². The molecule has 0 aromatic heterocycles. The minimum Gasteiger partial charge on any atom is -0.310 e. The predicted octanol–water partition coefficient (Wildman–Crippen LogP) is 7.28. The lowest BCUT2D eigenvalue weighted by atomic mass is 9.73. The van der Waals surface area contributed by atoms with Gasteiger partial charge in [0.15, 0.2) is 0 Å². The molecule has 32 heavy (non-hydrogen) atoms. The lowest BCUT2D eigenvalue weighted by Crippen LogP contribution is -2.30. The Balaban J connectivity index is 1.79. The van der Waals surface area contributed by atoms with E-state index in [1.165, 1.54) is 23.5 Å². The van der Waals surface area contributed by atoms with E-state index in [1.807, 2.05) is 30.3 Å². The minimum absolute atomic E-state index is 0.0987. The predicted molar refractivity (Wildman–Crippen MR) is 130 cm³/mol. The molecule has 156 valence electrons. The van der Waals surface area contributed by atoms with Crippen molar-refractivity contribution >= 4 is 28.8 Å². The van der Waals surface area contributed by atoms with Crippen LogP contribution in [0.3, 0.4) is 0 Å². The normalized spacial score (nSPS) is 14.4. The van der Waals surface area contributed by atoms with Gasteiger partial charge in [-0.15, -0.1) is 0 Å². The Morgan fingerprint density at radius 1 is 0.969 bits per heavy atom. The van der Waals surface area contributed by atoms with Gasteiger partial charge in [-0.1, -0.05) is 69.0 Å². The van der Waals surface area contributed by atoms with Gasteiger partial charge in [0.2, 0.25) is 0 Å². The Morgan fingerprint density at radius 2 is 1.53 bits per heavy atom. The van der Waals surface area contributed by atoms with Gasteiger partial charge in [0.25, 0.3) is 0 Å². The van der Waals surface area contributed by atoms with E-state index in [-0.39, 0.29) is 11.1 Å². The summed E-state index contributed by atoms with van der Waals surface area (Å²) < 4.78 is 0. The highest BCUT2D eigenvalue weighted by atomic mass is 15.2. The summed E-state index contributed by atoms with van der Waals surface area (Å²) in [5, 5.41) is 12.3. The summed E-state index contributed by atoms with van der Waals surface area (Å²) in [5.41, 5.74) is 14.6. The molecule has 3 aromatic rings. The van der Waals surface area contributed by atoms with Crippen molar-refractivity contribution in [1.82, 2.24) is 0 Å². The summed E-state index contributed by atoms with van der Waals surface area (Å²) in [7, 11) is 0. The fourth-order valence-electron chi connectivity index (χ4n) is 4.18. The van der Waals surface area contributed by atoms with Crippen molar-refractivity contribution in [2.24, 2.45) is 10.1 Å². The first kappa shape index (κ1) is 21.0. The monoisotopic (exact) mass is 417 g/mol. The van der Waals surface area contributed by atoms with Crippen LogP contribution in [0, 0.1) is 16.9 Å². The lowest BCUT2D eigenvalue weighted by molar-refractivity contribution is 0.632. The molecule has 0 fully saturated rings. The molecule has 0 spiro atoms. The molecule has 4 rings (SSSR count). The summed E-state index contributed by atoms with van der Waals surface area (Å²) in [6, 6.07) is 26.9. The number of hydrogen-bond donors (Lipinski definition) is 1. The average molecular weight is 418 g/mol. The standard InChI is InChI=1S/C27H23N5/c1-19(16-28)30-17-21(18-31-29)20-12-14-22(15-13-20)32-25-10-6-4-8-23(25)27(2,3)24-9-5-7-11-26(24)32/h4-15,17-18,29H,1H2,2-3H3/b21-18+,30-17?,31-29?. The Kier molecular flexibility index (Phi) is 5.53. The topological polar surface area (TPSA) is 75.6 Å². The molecular weight excluding hydrogens is 394 g/mol. The van der Waals surface area contributed by atoms with Gasteiger partial charge in [0.1, 0.15) is 11.8 Å². The van der Waals surface area contributed by atoms with E-state index >= 15 is 0 Å². The number of benzene rings is 3. The maximum Gasteiger partial charge on any atom is 0.133 e. The smallest absolute Gasteiger partial charge is 0.133 e. The summed E-state index contributed by atoms with van der Waals surface area (Å²) in [6.07, 6.45) is 2.91. The molecule has 3 aromatic carbocycles. The van der Waals surface area contributed by atoms with Crippen molar-refractivity contribution in [3.8, 4) is 6.07 Å². The summed E-state index contributed by atoms with van der Waals surface area (Å²) in [5.74, 6) is 0. The highest BCUT2D eigenvalue weighted by Gasteiger charge is 2.36. The molecule has 0 unspecified atom stereocenters. The van der Waals surface area contributed by atoms with Crippen LogP contribution in [-0.2, 0) is 5.41 Å². The highest BCUT2D eigenvalue weighted by molar-refractivity contribution is 6.10. The molecule has 1 N–H and O–H groups in total.